The van der Waals surface area contributed by atoms with Gasteiger partial charge in [0.05, 0.1) is 0 Å². The Morgan fingerprint density at radius 3 is 1.55 bits per heavy atom. The summed E-state index contributed by atoms with van der Waals surface area (Å²) >= 11 is 5.34. The standard InChI is InChI=1S/C16H10N2O3S/c1-17-13(19)7-3-4-9-12-10(16(22)18(2)15(9)21)6-5-8(11(7)12)14(17)20/h3-6H,1-2H3. The first kappa shape index (κ1) is 13.1. The van der Waals surface area contributed by atoms with Crippen molar-refractivity contribution in [2.75, 3.05) is 14.1 Å². The van der Waals surface area contributed by atoms with E-state index < -0.39 is 0 Å². The van der Waals surface area contributed by atoms with Crippen molar-refractivity contribution in [1.29, 1.82) is 0 Å². The molecular formula is C16H10N2O3S. The number of thiocarbonyl (C=S) groups is 1. The molecule has 0 bridgehead atoms. The van der Waals surface area contributed by atoms with Crippen LogP contribution in [0.5, 0.6) is 0 Å². The van der Waals surface area contributed by atoms with Gasteiger partial charge < -0.3 is 4.90 Å². The van der Waals surface area contributed by atoms with Crippen LogP contribution in [0.1, 0.15) is 36.6 Å². The monoisotopic (exact) mass is 310 g/mol. The third-order valence-corrected chi connectivity index (χ3v) is 4.79. The van der Waals surface area contributed by atoms with Crippen LogP contribution in [0, 0.1) is 0 Å². The molecule has 0 saturated heterocycles. The lowest BCUT2D eigenvalue weighted by molar-refractivity contribution is 0.0649. The van der Waals surface area contributed by atoms with Crippen molar-refractivity contribution in [3.8, 4) is 0 Å². The van der Waals surface area contributed by atoms with Crippen molar-refractivity contribution >= 4 is 45.7 Å². The number of carbonyl (C=O) groups excluding carboxylic acids is 3. The molecule has 4 rings (SSSR count). The summed E-state index contributed by atoms with van der Waals surface area (Å²) in [5, 5.41) is 1.14. The summed E-state index contributed by atoms with van der Waals surface area (Å²) in [6.07, 6.45) is 0. The zero-order valence-electron chi connectivity index (χ0n) is 11.8. The molecule has 0 spiro atoms. The summed E-state index contributed by atoms with van der Waals surface area (Å²) in [5.74, 6) is -0.947. The van der Waals surface area contributed by atoms with E-state index in [9.17, 15) is 14.4 Å². The van der Waals surface area contributed by atoms with Gasteiger partial charge in [0, 0.05) is 47.1 Å². The summed E-state index contributed by atoms with van der Waals surface area (Å²) < 4.78 is 0. The minimum atomic E-state index is -0.363. The van der Waals surface area contributed by atoms with Gasteiger partial charge in [0.2, 0.25) is 0 Å². The van der Waals surface area contributed by atoms with Crippen molar-refractivity contribution < 1.29 is 14.4 Å². The molecule has 0 saturated carbocycles. The van der Waals surface area contributed by atoms with E-state index in [-0.39, 0.29) is 17.7 Å². The average molecular weight is 310 g/mol. The van der Waals surface area contributed by atoms with Crippen molar-refractivity contribution in [2.24, 2.45) is 0 Å². The van der Waals surface area contributed by atoms with Gasteiger partial charge in [-0.25, -0.2) is 0 Å². The highest BCUT2D eigenvalue weighted by molar-refractivity contribution is 7.80. The highest BCUT2D eigenvalue weighted by Crippen LogP contribution is 2.37. The Bertz CT molecular complexity index is 801. The van der Waals surface area contributed by atoms with Gasteiger partial charge in [0.25, 0.3) is 17.7 Å². The van der Waals surface area contributed by atoms with Crippen LogP contribution in [0.25, 0.3) is 10.8 Å². The van der Waals surface area contributed by atoms with Crippen molar-refractivity contribution in [2.45, 2.75) is 0 Å². The predicted octanol–water partition coefficient (Wildman–Crippen LogP) is 1.83. The second-order valence-electron chi connectivity index (χ2n) is 5.41. The lowest BCUT2D eigenvalue weighted by Crippen LogP contribution is -2.40. The number of amides is 3. The minimum absolute atomic E-state index is 0.222. The number of imide groups is 1. The van der Waals surface area contributed by atoms with Crippen LogP contribution in [-0.2, 0) is 0 Å². The molecule has 0 N–H and O–H groups in total. The highest BCUT2D eigenvalue weighted by Gasteiger charge is 2.35. The van der Waals surface area contributed by atoms with Crippen LogP contribution in [-0.4, -0.2) is 46.6 Å². The average Bonchev–Trinajstić information content (AvgIpc) is 2.53. The van der Waals surface area contributed by atoms with Gasteiger partial charge in [-0.05, 0) is 18.2 Å². The maximum absolute atomic E-state index is 12.4. The molecule has 3 amide bonds. The molecule has 22 heavy (non-hydrogen) atoms. The van der Waals surface area contributed by atoms with Crippen molar-refractivity contribution in [3.63, 3.8) is 0 Å². The Balaban J connectivity index is 2.24. The molecule has 108 valence electrons. The molecule has 2 aromatic rings. The van der Waals surface area contributed by atoms with E-state index in [0.29, 0.717) is 38.0 Å². The molecule has 0 unspecified atom stereocenters. The second kappa shape index (κ2) is 3.98. The number of rotatable bonds is 0. The first-order chi connectivity index (χ1) is 10.4. The fourth-order valence-corrected chi connectivity index (χ4v) is 3.37. The van der Waals surface area contributed by atoms with Crippen LogP contribution >= 0.6 is 12.2 Å². The van der Waals surface area contributed by atoms with Gasteiger partial charge >= 0.3 is 0 Å². The van der Waals surface area contributed by atoms with Gasteiger partial charge in [-0.1, -0.05) is 18.3 Å². The van der Waals surface area contributed by atoms with E-state index >= 15 is 0 Å². The summed E-state index contributed by atoms with van der Waals surface area (Å²) in [6, 6.07) is 6.66. The summed E-state index contributed by atoms with van der Waals surface area (Å²) in [7, 11) is 3.08. The SMILES string of the molecule is CN1C(=O)c2ccc3c4c(ccc(c24)C1=O)C(=S)N(C)C3=O. The van der Waals surface area contributed by atoms with Crippen LogP contribution < -0.4 is 0 Å². The third-order valence-electron chi connectivity index (χ3n) is 4.30. The fraction of sp³-hybridized carbons (Fsp3) is 0.125. The first-order valence-electron chi connectivity index (χ1n) is 6.68. The van der Waals surface area contributed by atoms with Gasteiger partial charge in [-0.15, -0.1) is 0 Å². The molecule has 2 aromatic carbocycles. The third kappa shape index (κ3) is 1.33. The number of hydrogen-bond acceptors (Lipinski definition) is 4. The zero-order chi connectivity index (χ0) is 15.8. The molecule has 0 radical (unpaired) electrons. The summed E-state index contributed by atoms with van der Waals surface area (Å²) in [6.45, 7) is 0. The predicted molar refractivity (Wildman–Crippen MR) is 84.2 cm³/mol. The van der Waals surface area contributed by atoms with Crippen LogP contribution in [0.2, 0.25) is 0 Å². The van der Waals surface area contributed by atoms with E-state index in [4.69, 9.17) is 12.2 Å². The number of benzene rings is 2. The van der Waals surface area contributed by atoms with Gasteiger partial charge in [-0.2, -0.15) is 0 Å². The Labute approximate surface area is 131 Å². The largest absolute Gasteiger partial charge is 0.302 e. The van der Waals surface area contributed by atoms with E-state index in [1.54, 1.807) is 31.3 Å². The zero-order valence-corrected chi connectivity index (χ0v) is 12.7. The molecule has 0 aliphatic carbocycles. The molecule has 6 heteroatoms. The minimum Gasteiger partial charge on any atom is -0.302 e. The molecule has 0 atom stereocenters. The van der Waals surface area contributed by atoms with Gasteiger partial charge in [-0.3, -0.25) is 19.3 Å². The highest BCUT2D eigenvalue weighted by atomic mass is 32.1. The Morgan fingerprint density at radius 1 is 0.682 bits per heavy atom. The first-order valence-corrected chi connectivity index (χ1v) is 7.08. The smallest absolute Gasteiger partial charge is 0.261 e. The Morgan fingerprint density at radius 2 is 1.05 bits per heavy atom. The summed E-state index contributed by atoms with van der Waals surface area (Å²) in [4.78, 5) is 40.0. The van der Waals surface area contributed by atoms with Crippen LogP contribution in [0.3, 0.4) is 0 Å². The lowest BCUT2D eigenvalue weighted by atomic mass is 9.86. The number of nitrogens with zero attached hydrogens (tertiary/aromatic N) is 2. The number of carbonyl (C=O) groups is 3. The van der Waals surface area contributed by atoms with Crippen LogP contribution in [0.4, 0.5) is 0 Å². The van der Waals surface area contributed by atoms with E-state index in [1.165, 1.54) is 11.9 Å². The molecule has 0 fully saturated rings. The Kier molecular flexibility index (Phi) is 2.37. The Hall–Kier alpha value is -2.60. The van der Waals surface area contributed by atoms with Crippen molar-refractivity contribution in [3.05, 3.63) is 46.5 Å². The van der Waals surface area contributed by atoms with E-state index in [1.807, 2.05) is 0 Å². The molecule has 2 aliphatic rings. The lowest BCUT2D eigenvalue weighted by Gasteiger charge is -2.30. The molecule has 2 aliphatic heterocycles. The number of hydrogen-bond donors (Lipinski definition) is 0. The normalized spacial score (nSPS) is 16.8. The molecule has 2 heterocycles. The van der Waals surface area contributed by atoms with Gasteiger partial charge in [0.1, 0.15) is 4.99 Å². The maximum atomic E-state index is 12.4. The van der Waals surface area contributed by atoms with Crippen molar-refractivity contribution in [1.82, 2.24) is 9.80 Å². The quantitative estimate of drug-likeness (QED) is 0.550. The maximum Gasteiger partial charge on any atom is 0.261 e. The molecule has 5 nitrogen and oxygen atoms in total. The topological polar surface area (TPSA) is 57.7 Å². The second-order valence-corrected chi connectivity index (χ2v) is 5.80. The van der Waals surface area contributed by atoms with Crippen LogP contribution in [0.15, 0.2) is 24.3 Å². The van der Waals surface area contributed by atoms with Gasteiger partial charge in [0.15, 0.2) is 0 Å². The van der Waals surface area contributed by atoms with E-state index in [2.05, 4.69) is 0 Å². The fourth-order valence-electron chi connectivity index (χ4n) is 3.12. The van der Waals surface area contributed by atoms with E-state index in [0.717, 1.165) is 4.90 Å². The molecule has 0 aromatic heterocycles. The molecular weight excluding hydrogens is 300 g/mol. The summed E-state index contributed by atoms with van der Waals surface area (Å²) in [5.41, 5.74) is 2.03.